The van der Waals surface area contributed by atoms with Gasteiger partial charge < -0.3 is 10.4 Å². The molecule has 0 amide bonds. The summed E-state index contributed by atoms with van der Waals surface area (Å²) in [4.78, 5) is 0. The quantitative estimate of drug-likeness (QED) is 0.608. The first kappa shape index (κ1) is 9.92. The zero-order chi connectivity index (χ0) is 7.98. The third-order valence-corrected chi connectivity index (χ3v) is 1.43. The van der Waals surface area contributed by atoms with Crippen molar-refractivity contribution in [2.24, 2.45) is 0 Å². The monoisotopic (exact) mass is 145 g/mol. The highest BCUT2D eigenvalue weighted by atomic mass is 16.3. The number of rotatable bonds is 5. The average Bonchev–Trinajstić information content (AvgIpc) is 1.86. The zero-order valence-electron chi connectivity index (χ0n) is 7.22. The van der Waals surface area contributed by atoms with E-state index in [0.717, 1.165) is 12.8 Å². The largest absolute Gasteiger partial charge is 0.395 e. The van der Waals surface area contributed by atoms with Crippen LogP contribution in [0.5, 0.6) is 0 Å². The van der Waals surface area contributed by atoms with E-state index in [0.29, 0.717) is 12.1 Å². The van der Waals surface area contributed by atoms with E-state index in [1.807, 2.05) is 0 Å². The van der Waals surface area contributed by atoms with Gasteiger partial charge in [-0.2, -0.15) is 0 Å². The molecule has 62 valence electrons. The Labute approximate surface area is 63.6 Å². The fourth-order valence-electron chi connectivity index (χ4n) is 1.05. The third-order valence-electron chi connectivity index (χ3n) is 1.43. The molecule has 0 saturated carbocycles. The van der Waals surface area contributed by atoms with Gasteiger partial charge in [-0.15, -0.1) is 0 Å². The maximum Gasteiger partial charge on any atom is 0.0584 e. The normalized spacial score (nSPS) is 14.1. The lowest BCUT2D eigenvalue weighted by Crippen LogP contribution is -2.37. The van der Waals surface area contributed by atoms with E-state index >= 15 is 0 Å². The van der Waals surface area contributed by atoms with Crippen LogP contribution < -0.4 is 5.32 Å². The Bertz CT molecular complexity index is 73.7. The molecule has 0 aliphatic carbocycles. The number of hydrogen-bond donors (Lipinski definition) is 2. The summed E-state index contributed by atoms with van der Waals surface area (Å²) in [5.41, 5.74) is 0. The Morgan fingerprint density at radius 2 is 2.00 bits per heavy atom. The van der Waals surface area contributed by atoms with E-state index in [9.17, 15) is 0 Å². The zero-order valence-corrected chi connectivity index (χ0v) is 7.22. The van der Waals surface area contributed by atoms with Crippen LogP contribution in [-0.4, -0.2) is 23.8 Å². The fourth-order valence-corrected chi connectivity index (χ4v) is 1.05. The van der Waals surface area contributed by atoms with Gasteiger partial charge in [0.15, 0.2) is 0 Å². The van der Waals surface area contributed by atoms with Gasteiger partial charge in [-0.25, -0.2) is 0 Å². The molecule has 0 saturated heterocycles. The number of aliphatic hydroxyl groups is 1. The molecule has 0 unspecified atom stereocenters. The molecule has 0 aliphatic rings. The van der Waals surface area contributed by atoms with Gasteiger partial charge in [0.25, 0.3) is 0 Å². The predicted molar refractivity (Wildman–Crippen MR) is 44.1 cm³/mol. The van der Waals surface area contributed by atoms with Crippen LogP contribution >= 0.6 is 0 Å². The van der Waals surface area contributed by atoms with E-state index in [4.69, 9.17) is 5.11 Å². The number of hydrogen-bond acceptors (Lipinski definition) is 2. The van der Waals surface area contributed by atoms with Crippen LogP contribution in [0.3, 0.4) is 0 Å². The van der Waals surface area contributed by atoms with Crippen molar-refractivity contribution in [1.29, 1.82) is 0 Å². The van der Waals surface area contributed by atoms with Crippen molar-refractivity contribution in [3.8, 4) is 0 Å². The minimum atomic E-state index is 0.256. The summed E-state index contributed by atoms with van der Waals surface area (Å²) in [5.74, 6) is 0. The van der Waals surface area contributed by atoms with Gasteiger partial charge in [0, 0.05) is 12.1 Å². The molecule has 0 bridgehead atoms. The summed E-state index contributed by atoms with van der Waals surface area (Å²) in [7, 11) is 0. The van der Waals surface area contributed by atoms with Gasteiger partial charge in [0.1, 0.15) is 0 Å². The van der Waals surface area contributed by atoms with Crippen molar-refractivity contribution < 1.29 is 5.11 Å². The molecule has 0 spiro atoms. The van der Waals surface area contributed by atoms with Crippen LogP contribution in [0.1, 0.15) is 33.6 Å². The van der Waals surface area contributed by atoms with Crippen molar-refractivity contribution in [3.05, 3.63) is 0 Å². The van der Waals surface area contributed by atoms with Crippen molar-refractivity contribution >= 4 is 0 Å². The van der Waals surface area contributed by atoms with Gasteiger partial charge in [-0.05, 0) is 6.42 Å². The van der Waals surface area contributed by atoms with E-state index < -0.39 is 0 Å². The summed E-state index contributed by atoms with van der Waals surface area (Å²) < 4.78 is 0. The first-order chi connectivity index (χ1) is 4.70. The lowest BCUT2D eigenvalue weighted by atomic mass is 10.1. The minimum Gasteiger partial charge on any atom is -0.395 e. The van der Waals surface area contributed by atoms with Crippen molar-refractivity contribution in [1.82, 2.24) is 5.32 Å². The van der Waals surface area contributed by atoms with Gasteiger partial charge in [0.05, 0.1) is 6.61 Å². The van der Waals surface area contributed by atoms with Gasteiger partial charge in [-0.1, -0.05) is 27.2 Å². The van der Waals surface area contributed by atoms with Crippen LogP contribution in [0, 0.1) is 0 Å². The Balaban J connectivity index is 3.39. The molecule has 2 nitrogen and oxygen atoms in total. The van der Waals surface area contributed by atoms with Gasteiger partial charge in [-0.3, -0.25) is 0 Å². The lowest BCUT2D eigenvalue weighted by Gasteiger charge is -2.17. The summed E-state index contributed by atoms with van der Waals surface area (Å²) in [6.07, 6.45) is 2.19. The molecule has 0 fully saturated rings. The fraction of sp³-hybridized carbons (Fsp3) is 1.00. The van der Waals surface area contributed by atoms with Crippen molar-refractivity contribution in [2.75, 3.05) is 6.61 Å². The maximum absolute atomic E-state index is 8.84. The van der Waals surface area contributed by atoms with Crippen molar-refractivity contribution in [3.63, 3.8) is 0 Å². The standard InChI is InChI=1S/C8H19NO/c1-4-5-8(6-10)9-7(2)3/h7-10H,4-6H2,1-3H3/t8-/m1/s1. The summed E-state index contributed by atoms with van der Waals surface area (Å²) in [5, 5.41) is 12.1. The van der Waals surface area contributed by atoms with E-state index in [-0.39, 0.29) is 6.61 Å². The minimum absolute atomic E-state index is 0.256. The van der Waals surface area contributed by atoms with Gasteiger partial charge in [0.2, 0.25) is 0 Å². The Hall–Kier alpha value is -0.0800. The first-order valence-electron chi connectivity index (χ1n) is 4.07. The van der Waals surface area contributed by atoms with Crippen molar-refractivity contribution in [2.45, 2.75) is 45.7 Å². The van der Waals surface area contributed by atoms with Crippen LogP contribution in [0.4, 0.5) is 0 Å². The highest BCUT2D eigenvalue weighted by Gasteiger charge is 2.05. The molecule has 0 aromatic rings. The highest BCUT2D eigenvalue weighted by Crippen LogP contribution is 1.96. The summed E-state index contributed by atoms with van der Waals surface area (Å²) in [6.45, 7) is 6.58. The molecular formula is C8H19NO. The first-order valence-corrected chi connectivity index (χ1v) is 4.07. The van der Waals surface area contributed by atoms with Crippen LogP contribution in [0.25, 0.3) is 0 Å². The van der Waals surface area contributed by atoms with Crippen LogP contribution in [0.15, 0.2) is 0 Å². The Kier molecular flexibility index (Phi) is 5.64. The van der Waals surface area contributed by atoms with E-state index in [2.05, 4.69) is 26.1 Å². The molecule has 0 rings (SSSR count). The molecule has 2 heteroatoms. The van der Waals surface area contributed by atoms with Crippen LogP contribution in [0.2, 0.25) is 0 Å². The molecular weight excluding hydrogens is 126 g/mol. The lowest BCUT2D eigenvalue weighted by molar-refractivity contribution is 0.227. The second-order valence-electron chi connectivity index (χ2n) is 2.99. The number of nitrogens with one attached hydrogen (secondary N) is 1. The smallest absolute Gasteiger partial charge is 0.0584 e. The average molecular weight is 145 g/mol. The predicted octanol–water partition coefficient (Wildman–Crippen LogP) is 1.15. The molecule has 0 aliphatic heterocycles. The molecule has 2 N–H and O–H groups in total. The van der Waals surface area contributed by atoms with Gasteiger partial charge >= 0.3 is 0 Å². The number of aliphatic hydroxyl groups excluding tert-OH is 1. The molecule has 10 heavy (non-hydrogen) atoms. The molecule has 1 atom stereocenters. The third kappa shape index (κ3) is 4.77. The topological polar surface area (TPSA) is 32.3 Å². The summed E-state index contributed by atoms with van der Waals surface area (Å²) in [6, 6.07) is 0.772. The SMILES string of the molecule is CCC[C@H](CO)NC(C)C. The molecule has 0 aromatic carbocycles. The highest BCUT2D eigenvalue weighted by molar-refractivity contribution is 4.66. The molecule has 0 heterocycles. The molecule has 0 radical (unpaired) electrons. The van der Waals surface area contributed by atoms with Crippen LogP contribution in [-0.2, 0) is 0 Å². The second-order valence-corrected chi connectivity index (χ2v) is 2.99. The Morgan fingerprint density at radius 3 is 2.30 bits per heavy atom. The Morgan fingerprint density at radius 1 is 1.40 bits per heavy atom. The molecule has 0 aromatic heterocycles. The van der Waals surface area contributed by atoms with E-state index in [1.54, 1.807) is 0 Å². The summed E-state index contributed by atoms with van der Waals surface area (Å²) >= 11 is 0. The maximum atomic E-state index is 8.84. The second kappa shape index (κ2) is 5.69. The van der Waals surface area contributed by atoms with E-state index in [1.165, 1.54) is 0 Å².